The number of aromatic nitrogens is 2. The van der Waals surface area contributed by atoms with Gasteiger partial charge < -0.3 is 20.5 Å². The maximum atomic E-state index is 6.25. The molecule has 2 heterocycles. The van der Waals surface area contributed by atoms with Crippen molar-refractivity contribution in [1.82, 2.24) is 9.97 Å². The Morgan fingerprint density at radius 2 is 2.30 bits per heavy atom. The molecule has 0 bridgehead atoms. The fourth-order valence-electron chi connectivity index (χ4n) is 3.27. The minimum Gasteiger partial charge on any atom is -0.384 e. The highest BCUT2D eigenvalue weighted by Crippen LogP contribution is 2.45. The summed E-state index contributed by atoms with van der Waals surface area (Å²) < 4.78 is 11.0. The molecule has 110 valence electrons. The highest BCUT2D eigenvalue weighted by atomic mass is 35.5. The molecule has 3 rings (SSSR count). The number of fused-ring (bicyclic) bond motifs is 1. The van der Waals surface area contributed by atoms with Crippen LogP contribution in [0.25, 0.3) is 0 Å². The van der Waals surface area contributed by atoms with Gasteiger partial charge >= 0.3 is 0 Å². The molecule has 4 atom stereocenters. The van der Waals surface area contributed by atoms with Crippen LogP contribution < -0.4 is 11.1 Å². The minimum atomic E-state index is 0.233. The zero-order valence-electron chi connectivity index (χ0n) is 11.6. The summed E-state index contributed by atoms with van der Waals surface area (Å²) in [5.74, 6) is 1.65. The Labute approximate surface area is 123 Å². The van der Waals surface area contributed by atoms with Crippen molar-refractivity contribution in [3.8, 4) is 0 Å². The van der Waals surface area contributed by atoms with E-state index in [0.29, 0.717) is 35.0 Å². The summed E-state index contributed by atoms with van der Waals surface area (Å²) in [5.41, 5.74) is 6.38. The quantitative estimate of drug-likeness (QED) is 0.876. The number of aryl methyl sites for hydroxylation is 1. The number of halogens is 1. The van der Waals surface area contributed by atoms with Gasteiger partial charge in [0.15, 0.2) is 5.82 Å². The second-order valence-corrected chi connectivity index (χ2v) is 5.79. The summed E-state index contributed by atoms with van der Waals surface area (Å²) in [6.45, 7) is 3.29. The molecule has 0 amide bonds. The monoisotopic (exact) mass is 298 g/mol. The Balaban J connectivity index is 1.80. The zero-order valence-corrected chi connectivity index (χ0v) is 12.4. The molecule has 3 N–H and O–H groups in total. The van der Waals surface area contributed by atoms with Crippen molar-refractivity contribution in [3.63, 3.8) is 0 Å². The Morgan fingerprint density at radius 3 is 3.05 bits per heavy atom. The molecule has 1 saturated carbocycles. The van der Waals surface area contributed by atoms with E-state index in [2.05, 4.69) is 15.3 Å². The third-order valence-corrected chi connectivity index (χ3v) is 4.68. The van der Waals surface area contributed by atoms with Gasteiger partial charge in [0.2, 0.25) is 5.95 Å². The summed E-state index contributed by atoms with van der Waals surface area (Å²) >= 11 is 6.25. The van der Waals surface area contributed by atoms with Crippen LogP contribution in [0.1, 0.15) is 12.1 Å². The summed E-state index contributed by atoms with van der Waals surface area (Å²) in [4.78, 5) is 8.26. The van der Waals surface area contributed by atoms with Gasteiger partial charge in [-0.1, -0.05) is 11.6 Å². The maximum absolute atomic E-state index is 6.25. The third kappa shape index (κ3) is 2.21. The first-order chi connectivity index (χ1) is 9.61. The van der Waals surface area contributed by atoms with Gasteiger partial charge in [-0.2, -0.15) is 4.98 Å². The molecule has 0 spiro atoms. The van der Waals surface area contributed by atoms with Crippen LogP contribution in [-0.2, 0) is 9.47 Å². The van der Waals surface area contributed by atoms with Crippen molar-refractivity contribution in [3.05, 3.63) is 10.7 Å². The van der Waals surface area contributed by atoms with Crippen LogP contribution in [0.15, 0.2) is 0 Å². The Morgan fingerprint density at radius 1 is 1.50 bits per heavy atom. The number of anilines is 2. The van der Waals surface area contributed by atoms with E-state index < -0.39 is 0 Å². The standard InChI is InChI=1S/C13H19ClN4O2/c1-6-9(14)12(18-13(15)16-6)17-10-7-3-4-20-11(7)8(10)5-19-2/h7-8,10-11H,3-5H2,1-2H3,(H3,15,16,17,18)/t7-,8+,10+,11-/m0/s1. The van der Waals surface area contributed by atoms with E-state index in [1.807, 2.05) is 6.92 Å². The number of methoxy groups -OCH3 is 1. The number of nitrogens with zero attached hydrogens (tertiary/aromatic N) is 2. The number of hydrogen-bond donors (Lipinski definition) is 2. The summed E-state index contributed by atoms with van der Waals surface area (Å²) in [5, 5.41) is 3.94. The van der Waals surface area contributed by atoms with E-state index in [9.17, 15) is 0 Å². The van der Waals surface area contributed by atoms with Gasteiger partial charge in [0, 0.05) is 31.6 Å². The largest absolute Gasteiger partial charge is 0.384 e. The summed E-state index contributed by atoms with van der Waals surface area (Å²) in [7, 11) is 1.71. The lowest BCUT2D eigenvalue weighted by Gasteiger charge is -2.47. The average molecular weight is 299 g/mol. The molecule has 1 aromatic rings. The van der Waals surface area contributed by atoms with Crippen LogP contribution >= 0.6 is 11.6 Å². The Bertz CT molecular complexity index is 513. The van der Waals surface area contributed by atoms with Crippen LogP contribution in [0.4, 0.5) is 11.8 Å². The van der Waals surface area contributed by atoms with E-state index in [-0.39, 0.29) is 18.1 Å². The first kappa shape index (κ1) is 13.9. The maximum Gasteiger partial charge on any atom is 0.222 e. The van der Waals surface area contributed by atoms with Gasteiger partial charge in [0.1, 0.15) is 5.02 Å². The molecule has 7 heteroatoms. The summed E-state index contributed by atoms with van der Waals surface area (Å²) in [6, 6.07) is 0.258. The van der Waals surface area contributed by atoms with E-state index >= 15 is 0 Å². The number of ether oxygens (including phenoxy) is 2. The van der Waals surface area contributed by atoms with E-state index in [1.165, 1.54) is 0 Å². The van der Waals surface area contributed by atoms with Gasteiger partial charge in [0.05, 0.1) is 18.4 Å². The predicted octanol–water partition coefficient (Wildman–Crippen LogP) is 1.48. The number of nitrogens with two attached hydrogens (primary N) is 1. The van der Waals surface area contributed by atoms with Crippen molar-refractivity contribution >= 4 is 23.4 Å². The molecule has 0 aromatic carbocycles. The fraction of sp³-hybridized carbons (Fsp3) is 0.692. The first-order valence-electron chi connectivity index (χ1n) is 6.78. The normalized spacial score (nSPS) is 31.8. The van der Waals surface area contributed by atoms with Gasteiger partial charge in [-0.3, -0.25) is 0 Å². The van der Waals surface area contributed by atoms with E-state index in [4.69, 9.17) is 26.8 Å². The number of nitrogen functional groups attached to an aromatic ring is 1. The molecule has 2 fully saturated rings. The average Bonchev–Trinajstić information content (AvgIpc) is 2.83. The SMILES string of the molecule is COC[C@@H]1[C@H](Nc2nc(N)nc(C)c2Cl)[C@@H]2CCO[C@H]12. The smallest absolute Gasteiger partial charge is 0.222 e. The number of nitrogens with one attached hydrogen (secondary N) is 1. The molecule has 0 unspecified atom stereocenters. The van der Waals surface area contributed by atoms with Crippen molar-refractivity contribution < 1.29 is 9.47 Å². The number of rotatable bonds is 4. The molecule has 0 radical (unpaired) electrons. The Hall–Kier alpha value is -1.11. The van der Waals surface area contributed by atoms with Crippen LogP contribution in [0.2, 0.25) is 5.02 Å². The van der Waals surface area contributed by atoms with E-state index in [0.717, 1.165) is 13.0 Å². The lowest BCUT2D eigenvalue weighted by molar-refractivity contribution is -0.0667. The second-order valence-electron chi connectivity index (χ2n) is 5.41. The van der Waals surface area contributed by atoms with Crippen LogP contribution in [-0.4, -0.2) is 42.4 Å². The molecule has 1 saturated heterocycles. The highest BCUT2D eigenvalue weighted by molar-refractivity contribution is 6.33. The van der Waals surface area contributed by atoms with Crippen molar-refractivity contribution in [1.29, 1.82) is 0 Å². The van der Waals surface area contributed by atoms with E-state index in [1.54, 1.807) is 7.11 Å². The molecular weight excluding hydrogens is 280 g/mol. The lowest BCUT2D eigenvalue weighted by Crippen LogP contribution is -2.58. The summed E-state index contributed by atoms with van der Waals surface area (Å²) in [6.07, 6.45) is 1.34. The van der Waals surface area contributed by atoms with Gasteiger partial charge in [-0.15, -0.1) is 0 Å². The molecule has 2 aliphatic rings. The van der Waals surface area contributed by atoms with Crippen LogP contribution in [0.3, 0.4) is 0 Å². The molecular formula is C13H19ClN4O2. The molecule has 6 nitrogen and oxygen atoms in total. The zero-order chi connectivity index (χ0) is 14.3. The van der Waals surface area contributed by atoms with Crippen molar-refractivity contribution in [2.75, 3.05) is 31.4 Å². The fourth-order valence-corrected chi connectivity index (χ4v) is 3.41. The molecule has 20 heavy (non-hydrogen) atoms. The second kappa shape index (κ2) is 5.35. The topological polar surface area (TPSA) is 82.3 Å². The van der Waals surface area contributed by atoms with Gasteiger partial charge in [0.25, 0.3) is 0 Å². The predicted molar refractivity (Wildman–Crippen MR) is 76.8 cm³/mol. The number of hydrogen-bond acceptors (Lipinski definition) is 6. The molecule has 1 aromatic heterocycles. The van der Waals surface area contributed by atoms with Crippen LogP contribution in [0.5, 0.6) is 0 Å². The lowest BCUT2D eigenvalue weighted by atomic mass is 9.67. The van der Waals surface area contributed by atoms with Crippen LogP contribution in [0, 0.1) is 18.8 Å². The van der Waals surface area contributed by atoms with Gasteiger partial charge in [-0.05, 0) is 13.3 Å². The highest BCUT2D eigenvalue weighted by Gasteiger charge is 2.54. The van der Waals surface area contributed by atoms with Gasteiger partial charge in [-0.25, -0.2) is 4.98 Å². The molecule has 1 aliphatic heterocycles. The third-order valence-electron chi connectivity index (χ3n) is 4.22. The first-order valence-corrected chi connectivity index (χ1v) is 7.16. The molecule has 1 aliphatic carbocycles. The van der Waals surface area contributed by atoms with Crippen molar-refractivity contribution in [2.24, 2.45) is 11.8 Å². The minimum absolute atomic E-state index is 0.233. The Kier molecular flexibility index (Phi) is 3.70. The van der Waals surface area contributed by atoms with Crippen molar-refractivity contribution in [2.45, 2.75) is 25.5 Å².